The molecule has 1 aliphatic heterocycles. The molecule has 92 valence electrons. The average molecular weight is 255 g/mol. The molecule has 0 aliphatic carbocycles. The van der Waals surface area contributed by atoms with Gasteiger partial charge in [0.2, 0.25) is 5.91 Å². The minimum absolute atomic E-state index is 0.0406. The lowest BCUT2D eigenvalue weighted by molar-refractivity contribution is -0.122. The molecule has 1 saturated heterocycles. The Balaban J connectivity index is 2.02. The van der Waals surface area contributed by atoms with Crippen molar-refractivity contribution in [2.24, 2.45) is 5.92 Å². The van der Waals surface area contributed by atoms with E-state index in [4.69, 9.17) is 16.3 Å². The van der Waals surface area contributed by atoms with E-state index in [9.17, 15) is 4.79 Å². The van der Waals surface area contributed by atoms with E-state index in [0.717, 1.165) is 24.2 Å². The van der Waals surface area contributed by atoms with Gasteiger partial charge in [0.15, 0.2) is 0 Å². The largest absolute Gasteiger partial charge is 0.381 e. The van der Waals surface area contributed by atoms with Crippen molar-refractivity contribution < 1.29 is 9.53 Å². The molecular formula is C12H15ClN2O2. The second-order valence-corrected chi connectivity index (χ2v) is 4.53. The smallest absolute Gasteiger partial charge is 0.227 e. The highest BCUT2D eigenvalue weighted by atomic mass is 35.5. The molecule has 17 heavy (non-hydrogen) atoms. The van der Waals surface area contributed by atoms with Crippen LogP contribution in [0.2, 0.25) is 5.15 Å². The van der Waals surface area contributed by atoms with Crippen LogP contribution < -0.4 is 5.32 Å². The quantitative estimate of drug-likeness (QED) is 0.825. The molecule has 1 aromatic rings. The number of amides is 1. The molecule has 0 unspecified atom stereocenters. The number of hydrogen-bond donors (Lipinski definition) is 1. The predicted octanol–water partition coefficient (Wildman–Crippen LogP) is 2.41. The monoisotopic (exact) mass is 254 g/mol. The summed E-state index contributed by atoms with van der Waals surface area (Å²) in [6.45, 7) is 3.15. The molecule has 1 aromatic heterocycles. The molecule has 2 rings (SSSR count). The van der Waals surface area contributed by atoms with Crippen molar-refractivity contribution in [3.05, 3.63) is 23.0 Å². The van der Waals surface area contributed by atoms with E-state index in [1.165, 1.54) is 0 Å². The fourth-order valence-electron chi connectivity index (χ4n) is 1.86. The summed E-state index contributed by atoms with van der Waals surface area (Å²) in [5.41, 5.74) is 1.46. The van der Waals surface area contributed by atoms with Gasteiger partial charge in [-0.15, -0.1) is 0 Å². The van der Waals surface area contributed by atoms with Crippen LogP contribution in [0.15, 0.2) is 12.1 Å². The molecule has 0 saturated carbocycles. The summed E-state index contributed by atoms with van der Waals surface area (Å²) in [4.78, 5) is 16.1. The van der Waals surface area contributed by atoms with Crippen molar-refractivity contribution in [1.29, 1.82) is 0 Å². The van der Waals surface area contributed by atoms with Gasteiger partial charge in [-0.1, -0.05) is 11.6 Å². The Kier molecular flexibility index (Phi) is 3.97. The van der Waals surface area contributed by atoms with E-state index >= 15 is 0 Å². The Morgan fingerprint density at radius 1 is 1.47 bits per heavy atom. The number of aromatic nitrogens is 1. The number of carbonyl (C=O) groups excluding carboxylic acids is 1. The normalized spacial score (nSPS) is 16.8. The van der Waals surface area contributed by atoms with Crippen molar-refractivity contribution >= 4 is 23.2 Å². The van der Waals surface area contributed by atoms with Crippen LogP contribution in [0.1, 0.15) is 18.5 Å². The fourth-order valence-corrected chi connectivity index (χ4v) is 2.05. The summed E-state index contributed by atoms with van der Waals surface area (Å²) in [7, 11) is 0. The first kappa shape index (κ1) is 12.3. The highest BCUT2D eigenvalue weighted by Gasteiger charge is 2.21. The van der Waals surface area contributed by atoms with Crippen LogP contribution in [0.5, 0.6) is 0 Å². The van der Waals surface area contributed by atoms with Gasteiger partial charge in [0.05, 0.1) is 11.4 Å². The number of aryl methyl sites for hydroxylation is 1. The van der Waals surface area contributed by atoms with Crippen LogP contribution in [0.25, 0.3) is 0 Å². The maximum Gasteiger partial charge on any atom is 0.227 e. The molecule has 1 N–H and O–H groups in total. The molecular weight excluding hydrogens is 240 g/mol. The summed E-state index contributed by atoms with van der Waals surface area (Å²) in [6.07, 6.45) is 1.57. The Morgan fingerprint density at radius 3 is 2.82 bits per heavy atom. The maximum atomic E-state index is 12.0. The third-order valence-corrected chi connectivity index (χ3v) is 3.11. The van der Waals surface area contributed by atoms with Gasteiger partial charge in [-0.05, 0) is 31.9 Å². The van der Waals surface area contributed by atoms with Gasteiger partial charge < -0.3 is 10.1 Å². The van der Waals surface area contributed by atoms with Crippen molar-refractivity contribution in [1.82, 2.24) is 4.98 Å². The first-order valence-electron chi connectivity index (χ1n) is 5.68. The summed E-state index contributed by atoms with van der Waals surface area (Å²) < 4.78 is 5.23. The zero-order chi connectivity index (χ0) is 12.3. The van der Waals surface area contributed by atoms with E-state index in [2.05, 4.69) is 10.3 Å². The minimum Gasteiger partial charge on any atom is -0.381 e. The first-order chi connectivity index (χ1) is 8.16. The van der Waals surface area contributed by atoms with Crippen LogP contribution in [0.4, 0.5) is 5.69 Å². The first-order valence-corrected chi connectivity index (χ1v) is 6.06. The highest BCUT2D eigenvalue weighted by Crippen LogP contribution is 2.20. The van der Waals surface area contributed by atoms with Crippen molar-refractivity contribution in [3.8, 4) is 0 Å². The molecule has 0 bridgehead atoms. The number of carbonyl (C=O) groups is 1. The molecule has 0 radical (unpaired) electrons. The molecule has 5 heteroatoms. The predicted molar refractivity (Wildman–Crippen MR) is 66.2 cm³/mol. The van der Waals surface area contributed by atoms with Crippen LogP contribution in [-0.4, -0.2) is 24.1 Å². The molecule has 1 amide bonds. The molecule has 1 aliphatic rings. The third kappa shape index (κ3) is 3.17. The number of pyridine rings is 1. The van der Waals surface area contributed by atoms with Gasteiger partial charge in [0.25, 0.3) is 0 Å². The lowest BCUT2D eigenvalue weighted by Crippen LogP contribution is -2.28. The molecule has 1 fully saturated rings. The summed E-state index contributed by atoms with van der Waals surface area (Å²) in [5.74, 6) is 0.0827. The Labute approximate surface area is 105 Å². The van der Waals surface area contributed by atoms with Crippen LogP contribution in [-0.2, 0) is 9.53 Å². The number of hydrogen-bond acceptors (Lipinski definition) is 3. The Bertz CT molecular complexity index is 417. The van der Waals surface area contributed by atoms with Crippen LogP contribution >= 0.6 is 11.6 Å². The number of nitrogens with zero attached hydrogens (tertiary/aromatic N) is 1. The van der Waals surface area contributed by atoms with Crippen molar-refractivity contribution in [2.45, 2.75) is 19.8 Å². The van der Waals surface area contributed by atoms with Crippen molar-refractivity contribution in [3.63, 3.8) is 0 Å². The highest BCUT2D eigenvalue weighted by molar-refractivity contribution is 6.29. The summed E-state index contributed by atoms with van der Waals surface area (Å²) >= 11 is 5.76. The Morgan fingerprint density at radius 2 is 2.18 bits per heavy atom. The lowest BCUT2D eigenvalue weighted by Gasteiger charge is -2.21. The van der Waals surface area contributed by atoms with Crippen LogP contribution in [0, 0.1) is 12.8 Å². The Hall–Kier alpha value is -1.13. The third-order valence-electron chi connectivity index (χ3n) is 2.90. The van der Waals surface area contributed by atoms with Gasteiger partial charge in [-0.2, -0.15) is 0 Å². The van der Waals surface area contributed by atoms with Gasteiger partial charge in [0.1, 0.15) is 5.15 Å². The van der Waals surface area contributed by atoms with E-state index in [-0.39, 0.29) is 11.8 Å². The van der Waals surface area contributed by atoms with Crippen LogP contribution in [0.3, 0.4) is 0 Å². The second kappa shape index (κ2) is 5.47. The van der Waals surface area contributed by atoms with Crippen molar-refractivity contribution in [2.75, 3.05) is 18.5 Å². The topological polar surface area (TPSA) is 51.2 Å². The zero-order valence-electron chi connectivity index (χ0n) is 9.70. The maximum absolute atomic E-state index is 12.0. The molecule has 4 nitrogen and oxygen atoms in total. The molecule has 0 atom stereocenters. The van der Waals surface area contributed by atoms with Gasteiger partial charge in [-0.3, -0.25) is 4.79 Å². The minimum atomic E-state index is 0.0406. The number of ether oxygens (including phenoxy) is 1. The zero-order valence-corrected chi connectivity index (χ0v) is 10.5. The number of nitrogens with one attached hydrogen (secondary N) is 1. The van der Waals surface area contributed by atoms with E-state index in [1.807, 2.05) is 6.92 Å². The number of anilines is 1. The van der Waals surface area contributed by atoms with E-state index in [0.29, 0.717) is 18.4 Å². The molecule has 2 heterocycles. The van der Waals surface area contributed by atoms with E-state index < -0.39 is 0 Å². The SMILES string of the molecule is Cc1nc(Cl)ccc1NC(=O)C1CCOCC1. The van der Waals surface area contributed by atoms with Gasteiger partial charge in [0, 0.05) is 19.1 Å². The summed E-state index contributed by atoms with van der Waals surface area (Å²) in [5, 5.41) is 3.33. The summed E-state index contributed by atoms with van der Waals surface area (Å²) in [6, 6.07) is 3.45. The molecule has 0 spiro atoms. The van der Waals surface area contributed by atoms with Gasteiger partial charge >= 0.3 is 0 Å². The van der Waals surface area contributed by atoms with E-state index in [1.54, 1.807) is 12.1 Å². The average Bonchev–Trinajstić information content (AvgIpc) is 2.34. The fraction of sp³-hybridized carbons (Fsp3) is 0.500. The second-order valence-electron chi connectivity index (χ2n) is 4.14. The molecule has 0 aromatic carbocycles. The standard InChI is InChI=1S/C12H15ClN2O2/c1-8-10(2-3-11(13)14-8)15-12(16)9-4-6-17-7-5-9/h2-3,9H,4-7H2,1H3,(H,15,16). The lowest BCUT2D eigenvalue weighted by atomic mass is 9.99. The number of halogens is 1. The van der Waals surface area contributed by atoms with Gasteiger partial charge in [-0.25, -0.2) is 4.98 Å². The number of rotatable bonds is 2.